The van der Waals surface area contributed by atoms with E-state index < -0.39 is 6.10 Å². The zero-order valence-electron chi connectivity index (χ0n) is 15.9. The number of likely N-dealkylation sites (tertiary alicyclic amines) is 1. The van der Waals surface area contributed by atoms with Crippen molar-refractivity contribution >= 4 is 0 Å². The molecule has 0 amide bonds. The summed E-state index contributed by atoms with van der Waals surface area (Å²) in [5.74, 6) is 0.564. The van der Waals surface area contributed by atoms with E-state index in [1.807, 2.05) is 18.2 Å². The van der Waals surface area contributed by atoms with Gasteiger partial charge in [0, 0.05) is 12.1 Å². The standard InChI is InChI=1S/C22H24FN3O2/c1-15-9-10-17(12-19(15)23)21-24-22(28-25-21)20-13-18(27)14-26(20)11-5-8-16-6-3-2-4-7-16/h2-4,6-7,9-10,12,18,20,27H,5,8,11,13-14H2,1H3/t18-,20+/m1/s1. The minimum atomic E-state index is -0.408. The molecule has 0 saturated carbocycles. The van der Waals surface area contributed by atoms with Crippen LogP contribution in [0.15, 0.2) is 53.1 Å². The Labute approximate surface area is 163 Å². The van der Waals surface area contributed by atoms with E-state index in [9.17, 15) is 9.50 Å². The molecule has 0 aliphatic carbocycles. The maximum Gasteiger partial charge on any atom is 0.244 e. The van der Waals surface area contributed by atoms with Gasteiger partial charge in [0.25, 0.3) is 0 Å². The molecule has 0 radical (unpaired) electrons. The lowest BCUT2D eigenvalue weighted by Gasteiger charge is -2.20. The van der Waals surface area contributed by atoms with Crippen molar-refractivity contribution in [2.45, 2.75) is 38.3 Å². The van der Waals surface area contributed by atoms with Gasteiger partial charge in [-0.1, -0.05) is 47.6 Å². The number of hydrogen-bond acceptors (Lipinski definition) is 5. The van der Waals surface area contributed by atoms with Crippen LogP contribution in [0.25, 0.3) is 11.4 Å². The molecule has 4 rings (SSSR count). The molecular weight excluding hydrogens is 357 g/mol. The Morgan fingerprint density at radius 1 is 1.21 bits per heavy atom. The summed E-state index contributed by atoms with van der Waals surface area (Å²) in [6.07, 6.45) is 2.12. The first-order valence-corrected chi connectivity index (χ1v) is 9.66. The second-order valence-electron chi connectivity index (χ2n) is 7.41. The topological polar surface area (TPSA) is 62.4 Å². The average molecular weight is 381 g/mol. The summed E-state index contributed by atoms with van der Waals surface area (Å²) < 4.78 is 19.3. The van der Waals surface area contributed by atoms with E-state index in [2.05, 4.69) is 27.2 Å². The van der Waals surface area contributed by atoms with Gasteiger partial charge in [0.05, 0.1) is 12.1 Å². The largest absolute Gasteiger partial charge is 0.392 e. The fourth-order valence-corrected chi connectivity index (χ4v) is 3.73. The highest BCUT2D eigenvalue weighted by molar-refractivity contribution is 5.55. The number of aromatic nitrogens is 2. The van der Waals surface area contributed by atoms with Crippen LogP contribution in [-0.2, 0) is 6.42 Å². The maximum atomic E-state index is 13.8. The zero-order chi connectivity index (χ0) is 19.5. The van der Waals surface area contributed by atoms with Crippen molar-refractivity contribution in [2.24, 2.45) is 0 Å². The van der Waals surface area contributed by atoms with Gasteiger partial charge in [-0.2, -0.15) is 4.98 Å². The highest BCUT2D eigenvalue weighted by Crippen LogP contribution is 2.32. The number of halogens is 1. The molecule has 1 fully saturated rings. The van der Waals surface area contributed by atoms with E-state index in [1.165, 1.54) is 11.6 Å². The van der Waals surface area contributed by atoms with Crippen LogP contribution in [0.5, 0.6) is 0 Å². The van der Waals surface area contributed by atoms with E-state index in [1.54, 1.807) is 19.1 Å². The van der Waals surface area contributed by atoms with Crippen molar-refractivity contribution in [3.05, 3.63) is 71.4 Å². The van der Waals surface area contributed by atoms with Gasteiger partial charge in [0.1, 0.15) is 5.82 Å². The van der Waals surface area contributed by atoms with E-state index in [0.29, 0.717) is 35.8 Å². The number of β-amino-alcohol motifs (C(OH)–C–C–N with tert-alkyl or cyclic N) is 1. The number of hydrogen-bond donors (Lipinski definition) is 1. The molecule has 146 valence electrons. The summed E-state index contributed by atoms with van der Waals surface area (Å²) >= 11 is 0. The van der Waals surface area contributed by atoms with Crippen molar-refractivity contribution in [3.8, 4) is 11.4 Å². The molecular formula is C22H24FN3O2. The highest BCUT2D eigenvalue weighted by atomic mass is 19.1. The van der Waals surface area contributed by atoms with Gasteiger partial charge >= 0.3 is 0 Å². The summed E-state index contributed by atoms with van der Waals surface area (Å²) in [6, 6.07) is 15.2. The second kappa shape index (κ2) is 8.20. The minimum Gasteiger partial charge on any atom is -0.392 e. The van der Waals surface area contributed by atoms with E-state index in [-0.39, 0.29) is 11.9 Å². The Balaban J connectivity index is 1.44. The quantitative estimate of drug-likeness (QED) is 0.701. The maximum absolute atomic E-state index is 13.8. The number of benzene rings is 2. The molecule has 0 unspecified atom stereocenters. The van der Waals surface area contributed by atoms with Crippen LogP contribution in [0.4, 0.5) is 4.39 Å². The summed E-state index contributed by atoms with van der Waals surface area (Å²) in [5.41, 5.74) is 2.48. The van der Waals surface area contributed by atoms with Crippen molar-refractivity contribution in [1.29, 1.82) is 0 Å². The fraction of sp³-hybridized carbons (Fsp3) is 0.364. The monoisotopic (exact) mass is 381 g/mol. The number of nitrogens with zero attached hydrogens (tertiary/aromatic N) is 3. The molecule has 28 heavy (non-hydrogen) atoms. The van der Waals surface area contributed by atoms with Gasteiger partial charge in [-0.3, -0.25) is 4.90 Å². The summed E-state index contributed by atoms with van der Waals surface area (Å²) in [6.45, 7) is 3.15. The van der Waals surface area contributed by atoms with Crippen LogP contribution in [0.1, 0.15) is 35.9 Å². The van der Waals surface area contributed by atoms with Gasteiger partial charge in [0.15, 0.2) is 0 Å². The first-order chi connectivity index (χ1) is 13.6. The third-order valence-corrected chi connectivity index (χ3v) is 5.29. The molecule has 1 saturated heterocycles. The normalized spacial score (nSPS) is 20.0. The lowest BCUT2D eigenvalue weighted by atomic mass is 10.1. The number of aliphatic hydroxyl groups is 1. The lowest BCUT2D eigenvalue weighted by molar-refractivity contribution is 0.172. The minimum absolute atomic E-state index is 0.109. The van der Waals surface area contributed by atoms with Crippen LogP contribution < -0.4 is 0 Å². The van der Waals surface area contributed by atoms with Crippen LogP contribution in [0.3, 0.4) is 0 Å². The third-order valence-electron chi connectivity index (χ3n) is 5.29. The van der Waals surface area contributed by atoms with Crippen LogP contribution >= 0.6 is 0 Å². The molecule has 1 N–H and O–H groups in total. The predicted octanol–water partition coefficient (Wildman–Crippen LogP) is 3.92. The summed E-state index contributed by atoms with van der Waals surface area (Å²) in [5, 5.41) is 14.2. The van der Waals surface area contributed by atoms with Crippen LogP contribution in [0, 0.1) is 12.7 Å². The van der Waals surface area contributed by atoms with Gasteiger partial charge in [-0.05, 0) is 49.9 Å². The molecule has 0 spiro atoms. The van der Waals surface area contributed by atoms with Crippen molar-refractivity contribution in [2.75, 3.05) is 13.1 Å². The molecule has 1 aliphatic heterocycles. The number of aryl methyl sites for hydroxylation is 2. The summed E-state index contributed by atoms with van der Waals surface area (Å²) in [7, 11) is 0. The molecule has 5 nitrogen and oxygen atoms in total. The van der Waals surface area contributed by atoms with E-state index in [4.69, 9.17) is 4.52 Å². The molecule has 2 heterocycles. The van der Waals surface area contributed by atoms with Crippen molar-refractivity contribution in [1.82, 2.24) is 15.0 Å². The lowest BCUT2D eigenvalue weighted by Crippen LogP contribution is -2.26. The summed E-state index contributed by atoms with van der Waals surface area (Å²) in [4.78, 5) is 6.68. The second-order valence-corrected chi connectivity index (χ2v) is 7.41. The highest BCUT2D eigenvalue weighted by Gasteiger charge is 2.35. The van der Waals surface area contributed by atoms with Crippen molar-refractivity contribution < 1.29 is 14.0 Å². The number of rotatable bonds is 6. The molecule has 1 aromatic heterocycles. The predicted molar refractivity (Wildman–Crippen MR) is 104 cm³/mol. The third kappa shape index (κ3) is 4.13. The van der Waals surface area contributed by atoms with Gasteiger partial charge in [-0.25, -0.2) is 4.39 Å². The Morgan fingerprint density at radius 2 is 2.04 bits per heavy atom. The Hall–Kier alpha value is -2.57. The molecule has 1 aliphatic rings. The van der Waals surface area contributed by atoms with Crippen LogP contribution in [-0.4, -0.2) is 39.3 Å². The SMILES string of the molecule is Cc1ccc(-c2noc([C@@H]3C[C@@H](O)CN3CCCc3ccccc3)n2)cc1F. The average Bonchev–Trinajstić information content (AvgIpc) is 3.31. The van der Waals surface area contributed by atoms with Gasteiger partial charge in [0.2, 0.25) is 11.7 Å². The Bertz CT molecular complexity index is 929. The van der Waals surface area contributed by atoms with Crippen LogP contribution in [0.2, 0.25) is 0 Å². The fourth-order valence-electron chi connectivity index (χ4n) is 3.73. The first kappa shape index (κ1) is 18.8. The van der Waals surface area contributed by atoms with Gasteiger partial charge in [-0.15, -0.1) is 0 Å². The number of aliphatic hydroxyl groups excluding tert-OH is 1. The molecule has 2 atom stereocenters. The Morgan fingerprint density at radius 3 is 2.82 bits per heavy atom. The van der Waals surface area contributed by atoms with Crippen molar-refractivity contribution in [3.63, 3.8) is 0 Å². The molecule has 3 aromatic rings. The Kier molecular flexibility index (Phi) is 5.50. The molecule has 2 aromatic carbocycles. The smallest absolute Gasteiger partial charge is 0.244 e. The molecule has 6 heteroatoms. The van der Waals surface area contributed by atoms with Gasteiger partial charge < -0.3 is 9.63 Å². The first-order valence-electron chi connectivity index (χ1n) is 9.66. The zero-order valence-corrected chi connectivity index (χ0v) is 15.9. The van der Waals surface area contributed by atoms with E-state index in [0.717, 1.165) is 19.4 Å². The van der Waals surface area contributed by atoms with E-state index >= 15 is 0 Å². The molecule has 0 bridgehead atoms.